The Kier molecular flexibility index (Phi) is 5.32. The molecule has 1 N–H and O–H groups in total. The summed E-state index contributed by atoms with van der Waals surface area (Å²) in [6.45, 7) is 12.2. The molecule has 0 radical (unpaired) electrons. The van der Waals surface area contributed by atoms with E-state index in [1.807, 2.05) is 12.1 Å². The maximum Gasteiger partial charge on any atom is 0.339 e. The van der Waals surface area contributed by atoms with E-state index in [1.54, 1.807) is 19.1 Å². The Balaban J connectivity index is 1.66. The number of carbonyl (C=O) groups is 2. The van der Waals surface area contributed by atoms with E-state index in [4.69, 9.17) is 9.47 Å². The first-order valence-corrected chi connectivity index (χ1v) is 9.61. The molecule has 6 nitrogen and oxygen atoms in total. The maximum atomic E-state index is 12.9. The molecule has 148 valence electrons. The number of carbonyl (C=O) groups excluding carboxylic acids is 2. The monoisotopic (exact) mass is 374 g/mol. The highest BCUT2D eigenvalue weighted by molar-refractivity contribution is 5.97. The average Bonchev–Trinajstić information content (AvgIpc) is 2.58. The van der Waals surface area contributed by atoms with Gasteiger partial charge >= 0.3 is 5.97 Å². The van der Waals surface area contributed by atoms with E-state index in [-0.39, 0.29) is 23.7 Å². The highest BCUT2D eigenvalue weighted by Gasteiger charge is 2.43. The number of nitrogens with one attached hydrogen (secondary N) is 1. The summed E-state index contributed by atoms with van der Waals surface area (Å²) >= 11 is 0. The van der Waals surface area contributed by atoms with Crippen molar-refractivity contribution < 1.29 is 19.1 Å². The van der Waals surface area contributed by atoms with Gasteiger partial charge in [0, 0.05) is 31.6 Å². The van der Waals surface area contributed by atoms with Crippen molar-refractivity contribution in [2.45, 2.75) is 64.4 Å². The van der Waals surface area contributed by atoms with Crippen molar-refractivity contribution >= 4 is 11.9 Å². The number of esters is 1. The van der Waals surface area contributed by atoms with E-state index in [9.17, 15) is 9.59 Å². The van der Waals surface area contributed by atoms with Gasteiger partial charge in [0.15, 0.2) is 5.60 Å². The number of hydrogen-bond donors (Lipinski definition) is 1. The molecule has 1 saturated heterocycles. The average molecular weight is 374 g/mol. The minimum atomic E-state index is -1.19. The predicted octanol–water partition coefficient (Wildman–Crippen LogP) is 2.16. The van der Waals surface area contributed by atoms with Crippen molar-refractivity contribution in [3.63, 3.8) is 0 Å². The topological polar surface area (TPSA) is 67.9 Å². The Hall–Kier alpha value is -1.92. The number of benzene rings is 1. The Morgan fingerprint density at radius 1 is 1.26 bits per heavy atom. The first-order chi connectivity index (χ1) is 12.6. The quantitative estimate of drug-likeness (QED) is 0.818. The lowest BCUT2D eigenvalue weighted by Gasteiger charge is -2.45. The second kappa shape index (κ2) is 7.24. The summed E-state index contributed by atoms with van der Waals surface area (Å²) in [4.78, 5) is 27.5. The summed E-state index contributed by atoms with van der Waals surface area (Å²) in [5.74, 6) is -0.697. The van der Waals surface area contributed by atoms with E-state index in [0.29, 0.717) is 18.5 Å². The van der Waals surface area contributed by atoms with E-state index in [1.165, 1.54) is 0 Å². The van der Waals surface area contributed by atoms with Crippen molar-refractivity contribution in [1.29, 1.82) is 0 Å². The summed E-state index contributed by atoms with van der Waals surface area (Å²) in [5.41, 5.74) is -0.0250. The number of hydrogen-bond acceptors (Lipinski definition) is 5. The van der Waals surface area contributed by atoms with E-state index < -0.39 is 11.6 Å². The normalized spacial score (nSPS) is 29.0. The molecule has 0 spiro atoms. The first kappa shape index (κ1) is 19.8. The molecule has 0 bridgehead atoms. The van der Waals surface area contributed by atoms with Crippen LogP contribution < -0.4 is 5.32 Å². The van der Waals surface area contributed by atoms with Crippen LogP contribution in [0.3, 0.4) is 0 Å². The van der Waals surface area contributed by atoms with Gasteiger partial charge in [0.1, 0.15) is 0 Å². The summed E-state index contributed by atoms with van der Waals surface area (Å²) < 4.78 is 11.3. The largest absolute Gasteiger partial charge is 0.445 e. The molecule has 1 fully saturated rings. The second-order valence-corrected chi connectivity index (χ2v) is 8.61. The number of nitrogens with zero attached hydrogens (tertiary/aromatic N) is 1. The minimum absolute atomic E-state index is 0.164. The van der Waals surface area contributed by atoms with E-state index in [2.05, 4.69) is 37.9 Å². The van der Waals surface area contributed by atoms with Gasteiger partial charge in [-0.05, 0) is 46.2 Å². The fourth-order valence-electron chi connectivity index (χ4n) is 3.93. The molecule has 27 heavy (non-hydrogen) atoms. The van der Waals surface area contributed by atoms with Crippen LogP contribution in [0.15, 0.2) is 24.3 Å². The molecular weight excluding hydrogens is 344 g/mol. The molecule has 2 aliphatic heterocycles. The number of rotatable bonds is 4. The Labute approximate surface area is 161 Å². The molecule has 2 aliphatic rings. The highest BCUT2D eigenvalue weighted by Crippen LogP contribution is 2.28. The zero-order chi connectivity index (χ0) is 19.8. The fourth-order valence-corrected chi connectivity index (χ4v) is 3.93. The van der Waals surface area contributed by atoms with Gasteiger partial charge in [-0.25, -0.2) is 4.79 Å². The fraction of sp³-hybridized carbons (Fsp3) is 0.619. The lowest BCUT2D eigenvalue weighted by molar-refractivity contribution is -0.141. The van der Waals surface area contributed by atoms with Crippen LogP contribution in [0.1, 0.15) is 50.5 Å². The lowest BCUT2D eigenvalue weighted by atomic mass is 9.89. The number of amides is 1. The van der Waals surface area contributed by atoms with Gasteiger partial charge in [-0.2, -0.15) is 0 Å². The molecule has 0 aliphatic carbocycles. The molecule has 6 heteroatoms. The van der Waals surface area contributed by atoms with Gasteiger partial charge in [-0.15, -0.1) is 0 Å². The Morgan fingerprint density at radius 3 is 2.56 bits per heavy atom. The van der Waals surface area contributed by atoms with Crippen LogP contribution in [0.2, 0.25) is 0 Å². The zero-order valence-electron chi connectivity index (χ0n) is 16.9. The number of fused-ring (bicyclic) bond motifs is 1. The van der Waals surface area contributed by atoms with Crippen molar-refractivity contribution in [2.75, 3.05) is 19.6 Å². The van der Waals surface area contributed by atoms with Gasteiger partial charge in [0.2, 0.25) is 0 Å². The molecule has 3 rings (SSSR count). The van der Waals surface area contributed by atoms with Crippen LogP contribution in [0.4, 0.5) is 0 Å². The van der Waals surface area contributed by atoms with Gasteiger partial charge in [0.25, 0.3) is 5.91 Å². The third-order valence-corrected chi connectivity index (χ3v) is 5.52. The van der Waals surface area contributed by atoms with Gasteiger partial charge in [-0.1, -0.05) is 18.2 Å². The second-order valence-electron chi connectivity index (χ2n) is 8.61. The number of ether oxygens (including phenoxy) is 2. The predicted molar refractivity (Wildman–Crippen MR) is 103 cm³/mol. The SMILES string of the molecule is CC1CN(C(C)(C)CNC(=O)C2(C)Cc3ccccc3C(=O)O2)CC(C)O1. The van der Waals surface area contributed by atoms with Crippen LogP contribution in [-0.4, -0.2) is 59.8 Å². The smallest absolute Gasteiger partial charge is 0.339 e. The molecule has 1 amide bonds. The summed E-state index contributed by atoms with van der Waals surface area (Å²) in [6, 6.07) is 7.29. The Bertz CT molecular complexity index is 723. The van der Waals surface area contributed by atoms with Crippen LogP contribution >= 0.6 is 0 Å². The molecule has 3 atom stereocenters. The van der Waals surface area contributed by atoms with Crippen LogP contribution in [0.25, 0.3) is 0 Å². The number of cyclic esters (lactones) is 1. The molecule has 0 aromatic heterocycles. The third kappa shape index (κ3) is 4.17. The standard InChI is InChI=1S/C21H30N2O4/c1-14-11-23(12-15(2)26-14)20(3,4)13-22-19(25)21(5)10-16-8-6-7-9-17(16)18(24)27-21/h6-9,14-15H,10-13H2,1-5H3,(H,22,25). The van der Waals surface area contributed by atoms with Crippen LogP contribution in [-0.2, 0) is 20.7 Å². The Morgan fingerprint density at radius 2 is 1.89 bits per heavy atom. The van der Waals surface area contributed by atoms with Crippen molar-refractivity contribution in [2.24, 2.45) is 0 Å². The molecule has 2 heterocycles. The molecule has 1 aromatic rings. The van der Waals surface area contributed by atoms with Gasteiger partial charge < -0.3 is 14.8 Å². The van der Waals surface area contributed by atoms with Gasteiger partial charge in [0.05, 0.1) is 17.8 Å². The third-order valence-electron chi connectivity index (χ3n) is 5.52. The van der Waals surface area contributed by atoms with Gasteiger partial charge in [-0.3, -0.25) is 9.69 Å². The van der Waals surface area contributed by atoms with Crippen molar-refractivity contribution in [1.82, 2.24) is 10.2 Å². The lowest BCUT2D eigenvalue weighted by Crippen LogP contribution is -2.60. The first-order valence-electron chi connectivity index (χ1n) is 9.61. The molecule has 0 saturated carbocycles. The summed E-state index contributed by atoms with van der Waals surface area (Å²) in [5, 5.41) is 3.01. The minimum Gasteiger partial charge on any atom is -0.445 e. The summed E-state index contributed by atoms with van der Waals surface area (Å²) in [7, 11) is 0. The summed E-state index contributed by atoms with van der Waals surface area (Å²) in [6.07, 6.45) is 0.710. The highest BCUT2D eigenvalue weighted by atomic mass is 16.6. The zero-order valence-corrected chi connectivity index (χ0v) is 16.9. The van der Waals surface area contributed by atoms with Crippen LogP contribution in [0, 0.1) is 0 Å². The number of morpholine rings is 1. The molecule has 1 aromatic carbocycles. The molecular formula is C21H30N2O4. The van der Waals surface area contributed by atoms with Crippen molar-refractivity contribution in [3.8, 4) is 0 Å². The molecule has 3 unspecified atom stereocenters. The van der Waals surface area contributed by atoms with E-state index in [0.717, 1.165) is 18.7 Å². The van der Waals surface area contributed by atoms with E-state index >= 15 is 0 Å². The van der Waals surface area contributed by atoms with Crippen molar-refractivity contribution in [3.05, 3.63) is 35.4 Å². The maximum absolute atomic E-state index is 12.9. The van der Waals surface area contributed by atoms with Crippen LogP contribution in [0.5, 0.6) is 0 Å².